The van der Waals surface area contributed by atoms with Crippen molar-refractivity contribution in [2.75, 3.05) is 0 Å². The number of ether oxygens (including phenoxy) is 1. The number of rotatable bonds is 2. The van der Waals surface area contributed by atoms with Gasteiger partial charge in [-0.05, 0) is 38.5 Å². The Morgan fingerprint density at radius 2 is 1.94 bits per heavy atom. The molecule has 17 heavy (non-hydrogen) atoms. The second-order valence-corrected chi connectivity index (χ2v) is 5.42. The van der Waals surface area contributed by atoms with Crippen LogP contribution < -0.4 is 5.32 Å². The summed E-state index contributed by atoms with van der Waals surface area (Å²) in [5, 5.41) is 3.60. The van der Waals surface area contributed by atoms with Gasteiger partial charge in [-0.1, -0.05) is 29.3 Å². The highest BCUT2D eigenvalue weighted by atomic mass is 35.5. The first-order valence-corrected chi connectivity index (χ1v) is 5.94. The lowest BCUT2D eigenvalue weighted by Gasteiger charge is -2.19. The fraction of sp³-hybridized carbons (Fsp3) is 0.417. The molecule has 0 unspecified atom stereocenters. The first kappa shape index (κ1) is 14.1. The second kappa shape index (κ2) is 5.61. The maximum Gasteiger partial charge on any atom is 0.407 e. The van der Waals surface area contributed by atoms with Crippen molar-refractivity contribution in [1.29, 1.82) is 0 Å². The van der Waals surface area contributed by atoms with Crippen molar-refractivity contribution in [3.8, 4) is 0 Å². The first-order chi connectivity index (χ1) is 7.78. The molecule has 1 rings (SSSR count). The van der Waals surface area contributed by atoms with Crippen LogP contribution in [0.2, 0.25) is 10.0 Å². The van der Waals surface area contributed by atoms with Crippen LogP contribution in [-0.4, -0.2) is 11.7 Å². The van der Waals surface area contributed by atoms with Crippen LogP contribution >= 0.6 is 23.2 Å². The predicted octanol–water partition coefficient (Wildman–Crippen LogP) is 4.02. The van der Waals surface area contributed by atoms with E-state index in [-0.39, 0.29) is 0 Å². The molecule has 0 fully saturated rings. The molecule has 0 radical (unpaired) electrons. The van der Waals surface area contributed by atoms with Crippen LogP contribution in [-0.2, 0) is 11.3 Å². The maximum atomic E-state index is 11.4. The maximum absolute atomic E-state index is 11.4. The van der Waals surface area contributed by atoms with Crippen LogP contribution in [0, 0.1) is 0 Å². The van der Waals surface area contributed by atoms with Gasteiger partial charge in [0.1, 0.15) is 5.60 Å². The van der Waals surface area contributed by atoms with Gasteiger partial charge in [-0.2, -0.15) is 0 Å². The largest absolute Gasteiger partial charge is 0.444 e. The number of halogens is 2. The van der Waals surface area contributed by atoms with Gasteiger partial charge in [0.2, 0.25) is 0 Å². The van der Waals surface area contributed by atoms with Crippen LogP contribution in [0.15, 0.2) is 18.2 Å². The molecule has 0 aromatic heterocycles. The van der Waals surface area contributed by atoms with Gasteiger partial charge in [0.05, 0.1) is 10.0 Å². The minimum absolute atomic E-state index is 0.353. The molecule has 0 aliphatic heterocycles. The average molecular weight is 276 g/mol. The van der Waals surface area contributed by atoms with E-state index in [1.807, 2.05) is 20.8 Å². The lowest BCUT2D eigenvalue weighted by Crippen LogP contribution is -2.32. The third kappa shape index (κ3) is 5.29. The quantitative estimate of drug-likeness (QED) is 0.886. The Kier molecular flexibility index (Phi) is 4.66. The SMILES string of the molecule is CC(C)(C)OC(=O)NCc1ccc(Cl)c(Cl)c1. The van der Waals surface area contributed by atoms with E-state index in [1.54, 1.807) is 18.2 Å². The molecule has 94 valence electrons. The molecule has 0 atom stereocenters. The summed E-state index contributed by atoms with van der Waals surface area (Å²) in [5.41, 5.74) is 0.368. The highest BCUT2D eigenvalue weighted by Gasteiger charge is 2.15. The summed E-state index contributed by atoms with van der Waals surface area (Å²) in [7, 11) is 0. The lowest BCUT2D eigenvalue weighted by molar-refractivity contribution is 0.0523. The Labute approximate surface area is 111 Å². The third-order valence-corrected chi connectivity index (χ3v) is 2.56. The fourth-order valence-corrected chi connectivity index (χ4v) is 1.46. The summed E-state index contributed by atoms with van der Waals surface area (Å²) < 4.78 is 5.10. The lowest BCUT2D eigenvalue weighted by atomic mass is 10.2. The number of carbonyl (C=O) groups is 1. The number of nitrogens with one attached hydrogen (secondary N) is 1. The van der Waals surface area contributed by atoms with Gasteiger partial charge in [0, 0.05) is 6.54 Å². The van der Waals surface area contributed by atoms with E-state index in [2.05, 4.69) is 5.32 Å². The Hall–Kier alpha value is -0.930. The smallest absolute Gasteiger partial charge is 0.407 e. The number of amides is 1. The van der Waals surface area contributed by atoms with Gasteiger partial charge in [0.15, 0.2) is 0 Å². The van der Waals surface area contributed by atoms with E-state index in [1.165, 1.54) is 0 Å². The van der Waals surface area contributed by atoms with Gasteiger partial charge < -0.3 is 10.1 Å². The monoisotopic (exact) mass is 275 g/mol. The minimum Gasteiger partial charge on any atom is -0.444 e. The van der Waals surface area contributed by atoms with Crippen molar-refractivity contribution in [2.45, 2.75) is 32.9 Å². The van der Waals surface area contributed by atoms with Crippen molar-refractivity contribution in [3.63, 3.8) is 0 Å². The van der Waals surface area contributed by atoms with Crippen LogP contribution in [0.1, 0.15) is 26.3 Å². The van der Waals surface area contributed by atoms with Crippen molar-refractivity contribution in [3.05, 3.63) is 33.8 Å². The van der Waals surface area contributed by atoms with Crippen LogP contribution in [0.25, 0.3) is 0 Å². The molecule has 1 amide bonds. The summed E-state index contributed by atoms with van der Waals surface area (Å²) in [5.74, 6) is 0. The molecule has 1 aromatic carbocycles. The molecule has 1 aromatic rings. The first-order valence-electron chi connectivity index (χ1n) is 5.19. The molecule has 1 N–H and O–H groups in total. The van der Waals surface area contributed by atoms with E-state index < -0.39 is 11.7 Å². The number of carbonyl (C=O) groups excluding carboxylic acids is 1. The van der Waals surface area contributed by atoms with Crippen molar-refractivity contribution in [1.82, 2.24) is 5.32 Å². The highest BCUT2D eigenvalue weighted by Crippen LogP contribution is 2.22. The van der Waals surface area contributed by atoms with Gasteiger partial charge in [-0.15, -0.1) is 0 Å². The number of benzene rings is 1. The van der Waals surface area contributed by atoms with E-state index in [4.69, 9.17) is 27.9 Å². The van der Waals surface area contributed by atoms with Crippen molar-refractivity contribution >= 4 is 29.3 Å². The molecule has 0 spiro atoms. The summed E-state index contributed by atoms with van der Waals surface area (Å²) in [6, 6.07) is 5.20. The zero-order valence-corrected chi connectivity index (χ0v) is 11.5. The van der Waals surface area contributed by atoms with Gasteiger partial charge in [-0.3, -0.25) is 0 Å². The predicted molar refractivity (Wildman–Crippen MR) is 69.5 cm³/mol. The molecule has 0 aliphatic carbocycles. The molecule has 0 saturated carbocycles. The molecule has 0 heterocycles. The van der Waals surface area contributed by atoms with E-state index >= 15 is 0 Å². The van der Waals surface area contributed by atoms with Gasteiger partial charge >= 0.3 is 6.09 Å². The molecule has 0 saturated heterocycles. The van der Waals surface area contributed by atoms with Crippen LogP contribution in [0.5, 0.6) is 0 Å². The highest BCUT2D eigenvalue weighted by molar-refractivity contribution is 6.42. The summed E-state index contributed by atoms with van der Waals surface area (Å²) in [6.45, 7) is 5.79. The molecule has 5 heteroatoms. The van der Waals surface area contributed by atoms with Gasteiger partial charge in [0.25, 0.3) is 0 Å². The average Bonchev–Trinajstić information content (AvgIpc) is 2.17. The summed E-state index contributed by atoms with van der Waals surface area (Å²) >= 11 is 11.6. The zero-order chi connectivity index (χ0) is 13.1. The standard InChI is InChI=1S/C12H15Cl2NO2/c1-12(2,3)17-11(16)15-7-8-4-5-9(13)10(14)6-8/h4-6H,7H2,1-3H3,(H,15,16). The van der Waals surface area contributed by atoms with E-state index in [9.17, 15) is 4.79 Å². The number of hydrogen-bond acceptors (Lipinski definition) is 2. The summed E-state index contributed by atoms with van der Waals surface area (Å²) in [4.78, 5) is 11.4. The topological polar surface area (TPSA) is 38.3 Å². The Morgan fingerprint density at radius 3 is 2.47 bits per heavy atom. The molecule has 3 nitrogen and oxygen atoms in total. The summed E-state index contributed by atoms with van der Waals surface area (Å²) in [6.07, 6.45) is -0.455. The fourth-order valence-electron chi connectivity index (χ4n) is 1.14. The molecule has 0 aliphatic rings. The Balaban J connectivity index is 2.50. The number of hydrogen-bond donors (Lipinski definition) is 1. The molecular formula is C12H15Cl2NO2. The zero-order valence-electron chi connectivity index (χ0n) is 10.0. The Bertz CT molecular complexity index is 413. The van der Waals surface area contributed by atoms with E-state index in [0.29, 0.717) is 16.6 Å². The second-order valence-electron chi connectivity index (χ2n) is 4.60. The van der Waals surface area contributed by atoms with Gasteiger partial charge in [-0.25, -0.2) is 4.79 Å². The molecular weight excluding hydrogens is 261 g/mol. The normalized spacial score (nSPS) is 11.1. The minimum atomic E-state index is -0.498. The van der Waals surface area contributed by atoms with Crippen LogP contribution in [0.4, 0.5) is 4.79 Å². The third-order valence-electron chi connectivity index (χ3n) is 1.82. The molecule has 0 bridgehead atoms. The van der Waals surface area contributed by atoms with Crippen molar-refractivity contribution < 1.29 is 9.53 Å². The van der Waals surface area contributed by atoms with E-state index in [0.717, 1.165) is 5.56 Å². The number of alkyl carbamates (subject to hydrolysis) is 1. The van der Waals surface area contributed by atoms with Crippen LogP contribution in [0.3, 0.4) is 0 Å². The van der Waals surface area contributed by atoms with Crippen molar-refractivity contribution in [2.24, 2.45) is 0 Å². The Morgan fingerprint density at radius 1 is 1.29 bits per heavy atom.